The van der Waals surface area contributed by atoms with Crippen molar-refractivity contribution in [1.82, 2.24) is 0 Å². The Morgan fingerprint density at radius 1 is 0.952 bits per heavy atom. The molecule has 0 aliphatic carbocycles. The molecule has 0 aliphatic heterocycles. The highest BCUT2D eigenvalue weighted by atomic mass is 19.2. The van der Waals surface area contributed by atoms with Crippen molar-refractivity contribution in [3.05, 3.63) is 59.7 Å². The molecule has 0 fully saturated rings. The summed E-state index contributed by atoms with van der Waals surface area (Å²) in [6.45, 7) is 1.79. The van der Waals surface area contributed by atoms with Crippen LogP contribution in [0.3, 0.4) is 0 Å². The summed E-state index contributed by atoms with van der Waals surface area (Å²) < 4.78 is 37.0. The van der Waals surface area contributed by atoms with Crippen LogP contribution >= 0.6 is 0 Å². The van der Waals surface area contributed by atoms with E-state index in [0.29, 0.717) is 0 Å². The molecule has 0 aliphatic rings. The van der Waals surface area contributed by atoms with E-state index in [1.807, 2.05) is 12.1 Å². The summed E-state index contributed by atoms with van der Waals surface area (Å²) in [6.07, 6.45) is -0.472. The lowest BCUT2D eigenvalue weighted by Gasteiger charge is -2.23. The number of benzene rings is 2. The Labute approximate surface area is 122 Å². The van der Waals surface area contributed by atoms with Gasteiger partial charge < -0.3 is 15.2 Å². The van der Waals surface area contributed by atoms with Crippen molar-refractivity contribution >= 4 is 0 Å². The summed E-state index contributed by atoms with van der Waals surface area (Å²) in [6, 6.07) is 10.3. The van der Waals surface area contributed by atoms with Gasteiger partial charge >= 0.3 is 0 Å². The zero-order valence-electron chi connectivity index (χ0n) is 11.8. The van der Waals surface area contributed by atoms with E-state index in [0.717, 1.165) is 23.4 Å². The van der Waals surface area contributed by atoms with Gasteiger partial charge in [0, 0.05) is 12.1 Å². The topological polar surface area (TPSA) is 44.5 Å². The number of ether oxygens (including phenoxy) is 2. The molecular weight excluding hydrogens is 276 g/mol. The average molecular weight is 293 g/mol. The second-order valence-corrected chi connectivity index (χ2v) is 4.75. The van der Waals surface area contributed by atoms with Gasteiger partial charge in [-0.3, -0.25) is 0 Å². The molecular formula is C16H17F2NO2. The fourth-order valence-electron chi connectivity index (χ4n) is 1.97. The molecule has 0 heterocycles. The molecule has 3 nitrogen and oxygen atoms in total. The maximum absolute atomic E-state index is 13.2. The van der Waals surface area contributed by atoms with Gasteiger partial charge in [0.05, 0.1) is 7.11 Å². The summed E-state index contributed by atoms with van der Waals surface area (Å²) in [5.74, 6) is -0.920. The van der Waals surface area contributed by atoms with Crippen molar-refractivity contribution < 1.29 is 18.3 Å². The van der Waals surface area contributed by atoms with Crippen LogP contribution in [0.25, 0.3) is 0 Å². The maximum atomic E-state index is 13.2. The molecule has 112 valence electrons. The van der Waals surface area contributed by atoms with Crippen LogP contribution in [0.4, 0.5) is 8.78 Å². The molecule has 0 spiro atoms. The molecule has 2 atom stereocenters. The number of rotatable bonds is 5. The van der Waals surface area contributed by atoms with E-state index in [-0.39, 0.29) is 11.8 Å². The molecule has 0 aromatic heterocycles. The van der Waals surface area contributed by atoms with E-state index in [2.05, 4.69) is 0 Å². The van der Waals surface area contributed by atoms with Crippen LogP contribution in [0.5, 0.6) is 11.5 Å². The Bertz CT molecular complexity index is 600. The zero-order chi connectivity index (χ0) is 15.4. The van der Waals surface area contributed by atoms with Gasteiger partial charge in [-0.15, -0.1) is 0 Å². The molecule has 2 unspecified atom stereocenters. The van der Waals surface area contributed by atoms with Gasteiger partial charge in [-0.2, -0.15) is 0 Å². The lowest BCUT2D eigenvalue weighted by molar-refractivity contribution is 0.179. The molecule has 2 aromatic carbocycles. The third kappa shape index (κ3) is 3.70. The standard InChI is InChI=1S/C16H17F2NO2/c1-10(19)16(11-3-5-12(20-2)6-4-11)21-13-7-8-14(17)15(18)9-13/h3-10,16H,19H2,1-2H3. The van der Waals surface area contributed by atoms with Crippen LogP contribution in [0.1, 0.15) is 18.6 Å². The second kappa shape index (κ2) is 6.54. The van der Waals surface area contributed by atoms with E-state index in [9.17, 15) is 8.78 Å². The van der Waals surface area contributed by atoms with Crippen molar-refractivity contribution in [1.29, 1.82) is 0 Å². The van der Waals surface area contributed by atoms with Gasteiger partial charge in [-0.05, 0) is 36.8 Å². The second-order valence-electron chi connectivity index (χ2n) is 4.75. The van der Waals surface area contributed by atoms with Gasteiger partial charge in [0.25, 0.3) is 0 Å². The van der Waals surface area contributed by atoms with E-state index < -0.39 is 17.7 Å². The van der Waals surface area contributed by atoms with Crippen LogP contribution in [0, 0.1) is 11.6 Å². The van der Waals surface area contributed by atoms with Crippen molar-refractivity contribution in [2.45, 2.75) is 19.1 Å². The van der Waals surface area contributed by atoms with E-state index >= 15 is 0 Å². The first-order valence-corrected chi connectivity index (χ1v) is 6.52. The molecule has 2 aromatic rings. The molecule has 0 saturated carbocycles. The first kappa shape index (κ1) is 15.3. The average Bonchev–Trinajstić information content (AvgIpc) is 2.48. The zero-order valence-corrected chi connectivity index (χ0v) is 11.8. The first-order chi connectivity index (χ1) is 10.0. The minimum Gasteiger partial charge on any atom is -0.497 e. The van der Waals surface area contributed by atoms with Gasteiger partial charge in [0.2, 0.25) is 0 Å². The van der Waals surface area contributed by atoms with Crippen LogP contribution in [-0.4, -0.2) is 13.2 Å². The summed E-state index contributed by atoms with van der Waals surface area (Å²) in [5.41, 5.74) is 6.76. The lowest BCUT2D eigenvalue weighted by atomic mass is 10.0. The number of hydrogen-bond acceptors (Lipinski definition) is 3. The Balaban J connectivity index is 2.23. The van der Waals surface area contributed by atoms with Crippen molar-refractivity contribution in [3.63, 3.8) is 0 Å². The summed E-state index contributed by atoms with van der Waals surface area (Å²) >= 11 is 0. The predicted molar refractivity (Wildman–Crippen MR) is 76.4 cm³/mol. The molecule has 0 amide bonds. The predicted octanol–water partition coefficient (Wildman–Crippen LogP) is 3.44. The van der Waals surface area contributed by atoms with Crippen LogP contribution in [0.15, 0.2) is 42.5 Å². The summed E-state index contributed by atoms with van der Waals surface area (Å²) in [7, 11) is 1.58. The summed E-state index contributed by atoms with van der Waals surface area (Å²) in [4.78, 5) is 0. The third-order valence-corrected chi connectivity index (χ3v) is 3.08. The van der Waals surface area contributed by atoms with Crippen LogP contribution in [-0.2, 0) is 0 Å². The molecule has 0 radical (unpaired) electrons. The third-order valence-electron chi connectivity index (χ3n) is 3.08. The summed E-state index contributed by atoms with van der Waals surface area (Å²) in [5, 5.41) is 0. The normalized spacial score (nSPS) is 13.6. The largest absolute Gasteiger partial charge is 0.497 e. The van der Waals surface area contributed by atoms with Gasteiger partial charge in [-0.1, -0.05) is 12.1 Å². The Morgan fingerprint density at radius 2 is 1.57 bits per heavy atom. The molecule has 5 heteroatoms. The Kier molecular flexibility index (Phi) is 4.75. The van der Waals surface area contributed by atoms with Crippen LogP contribution in [0.2, 0.25) is 0 Å². The molecule has 2 N–H and O–H groups in total. The quantitative estimate of drug-likeness (QED) is 0.918. The fraction of sp³-hybridized carbons (Fsp3) is 0.250. The molecule has 0 saturated heterocycles. The van der Waals surface area contributed by atoms with Gasteiger partial charge in [0.15, 0.2) is 11.6 Å². The number of hydrogen-bond donors (Lipinski definition) is 1. The fourth-order valence-corrected chi connectivity index (χ4v) is 1.97. The molecule has 0 bridgehead atoms. The minimum absolute atomic E-state index is 0.229. The highest BCUT2D eigenvalue weighted by Crippen LogP contribution is 2.26. The molecule has 2 rings (SSSR count). The highest BCUT2D eigenvalue weighted by molar-refractivity contribution is 5.31. The van der Waals surface area contributed by atoms with Crippen molar-refractivity contribution in [2.75, 3.05) is 7.11 Å². The first-order valence-electron chi connectivity index (χ1n) is 6.52. The SMILES string of the molecule is COc1ccc(C(Oc2ccc(F)c(F)c2)C(C)N)cc1. The number of methoxy groups -OCH3 is 1. The van der Waals surface area contributed by atoms with Gasteiger partial charge in [-0.25, -0.2) is 8.78 Å². The lowest BCUT2D eigenvalue weighted by Crippen LogP contribution is -2.29. The van der Waals surface area contributed by atoms with E-state index in [1.165, 1.54) is 6.07 Å². The maximum Gasteiger partial charge on any atom is 0.162 e. The Morgan fingerprint density at radius 3 is 2.10 bits per heavy atom. The smallest absolute Gasteiger partial charge is 0.162 e. The number of nitrogens with two attached hydrogens (primary N) is 1. The Hall–Kier alpha value is -2.14. The molecule has 21 heavy (non-hydrogen) atoms. The highest BCUT2D eigenvalue weighted by Gasteiger charge is 2.19. The van der Waals surface area contributed by atoms with Crippen LogP contribution < -0.4 is 15.2 Å². The van der Waals surface area contributed by atoms with E-state index in [4.69, 9.17) is 15.2 Å². The monoisotopic (exact) mass is 293 g/mol. The minimum atomic E-state index is -0.953. The van der Waals surface area contributed by atoms with Crippen molar-refractivity contribution in [3.8, 4) is 11.5 Å². The number of halogens is 2. The van der Waals surface area contributed by atoms with E-state index in [1.54, 1.807) is 26.2 Å². The van der Waals surface area contributed by atoms with Gasteiger partial charge in [0.1, 0.15) is 17.6 Å². The van der Waals surface area contributed by atoms with Crippen molar-refractivity contribution in [2.24, 2.45) is 5.73 Å².